The van der Waals surface area contributed by atoms with Crippen LogP contribution in [0, 0.1) is 0 Å². The van der Waals surface area contributed by atoms with Gasteiger partial charge in [0.05, 0.1) is 25.4 Å². The molecule has 0 heterocycles. The Labute approximate surface area is 336 Å². The van der Waals surface area contributed by atoms with Crippen LogP contribution in [0.2, 0.25) is 0 Å². The minimum absolute atomic E-state index is 0.00577. The maximum Gasteiger partial charge on any atom is 0.305 e. The van der Waals surface area contributed by atoms with Crippen molar-refractivity contribution in [3.63, 3.8) is 0 Å². The van der Waals surface area contributed by atoms with Gasteiger partial charge >= 0.3 is 5.97 Å². The lowest BCUT2D eigenvalue weighted by atomic mass is 10.0. The number of unbranched alkanes of at least 4 members (excludes halogenated alkanes) is 33. The predicted molar refractivity (Wildman–Crippen MR) is 232 cm³/mol. The first-order valence-electron chi connectivity index (χ1n) is 24.0. The monoisotopic (exact) mass is 764 g/mol. The lowest BCUT2D eigenvalue weighted by Gasteiger charge is -2.20. The summed E-state index contributed by atoms with van der Waals surface area (Å²) in [6, 6.07) is -0.634. The van der Waals surface area contributed by atoms with Crippen molar-refractivity contribution in [1.29, 1.82) is 0 Å². The summed E-state index contributed by atoms with van der Waals surface area (Å²) in [5, 5.41) is 22.9. The summed E-state index contributed by atoms with van der Waals surface area (Å²) < 4.78 is 5.45. The number of aliphatic hydroxyl groups is 2. The van der Waals surface area contributed by atoms with Gasteiger partial charge in [0.25, 0.3) is 0 Å². The van der Waals surface area contributed by atoms with E-state index in [0.29, 0.717) is 19.4 Å². The Kier molecular flexibility index (Phi) is 43.2. The third-order valence-electron chi connectivity index (χ3n) is 11.1. The molecule has 0 fully saturated rings. The predicted octanol–water partition coefficient (Wildman–Crippen LogP) is 13.8. The van der Waals surface area contributed by atoms with Crippen LogP contribution in [0.3, 0.4) is 0 Å². The van der Waals surface area contributed by atoms with E-state index >= 15 is 0 Å². The van der Waals surface area contributed by atoms with Crippen molar-refractivity contribution in [2.75, 3.05) is 13.2 Å². The zero-order chi connectivity index (χ0) is 39.4. The van der Waals surface area contributed by atoms with Crippen molar-refractivity contribution >= 4 is 11.9 Å². The maximum absolute atomic E-state index is 12.4. The molecule has 0 aromatic carbocycles. The van der Waals surface area contributed by atoms with Gasteiger partial charge in [-0.1, -0.05) is 225 Å². The molecule has 0 spiro atoms. The molecule has 0 aromatic heterocycles. The summed E-state index contributed by atoms with van der Waals surface area (Å²) >= 11 is 0. The quantitative estimate of drug-likeness (QED) is 0.0326. The topological polar surface area (TPSA) is 95.9 Å². The van der Waals surface area contributed by atoms with Crippen molar-refractivity contribution in [3.8, 4) is 0 Å². The molecule has 320 valence electrons. The van der Waals surface area contributed by atoms with Gasteiger partial charge in [0.1, 0.15) is 0 Å². The Morgan fingerprint density at radius 2 is 0.852 bits per heavy atom. The van der Waals surface area contributed by atoms with Crippen molar-refractivity contribution in [3.05, 3.63) is 12.2 Å². The minimum atomic E-state index is -0.850. The summed E-state index contributed by atoms with van der Waals surface area (Å²) in [5.74, 6) is -0.0876. The molecule has 0 aliphatic carbocycles. The summed E-state index contributed by atoms with van der Waals surface area (Å²) in [4.78, 5) is 24.4. The van der Waals surface area contributed by atoms with E-state index in [-0.39, 0.29) is 18.5 Å². The number of esters is 1. The number of nitrogens with one attached hydrogen (secondary N) is 1. The highest BCUT2D eigenvalue weighted by Gasteiger charge is 2.18. The standard InChI is InChI=1S/C48H93NO5/c1-3-5-7-9-11-13-15-17-22-26-30-34-38-42-48(53)54-43-39-35-31-27-23-19-16-18-21-25-29-33-37-41-47(52)49-45(44-50)46(51)40-36-32-28-24-20-14-12-10-8-6-4-2/h36,40,45-46,50-51H,3-35,37-39,41-44H2,1-2H3,(H,49,52)/b40-36+. The highest BCUT2D eigenvalue weighted by molar-refractivity contribution is 5.76. The van der Waals surface area contributed by atoms with Gasteiger partial charge < -0.3 is 20.3 Å². The van der Waals surface area contributed by atoms with Crippen LogP contribution in [0.15, 0.2) is 12.2 Å². The van der Waals surface area contributed by atoms with Gasteiger partial charge in [-0.15, -0.1) is 0 Å². The molecule has 0 radical (unpaired) electrons. The van der Waals surface area contributed by atoms with Gasteiger partial charge in [-0.2, -0.15) is 0 Å². The molecule has 0 aliphatic rings. The second kappa shape index (κ2) is 44.3. The molecule has 1 amide bonds. The van der Waals surface area contributed by atoms with Crippen LogP contribution in [0.1, 0.15) is 258 Å². The molecule has 0 rings (SSSR count). The lowest BCUT2D eigenvalue weighted by molar-refractivity contribution is -0.143. The largest absolute Gasteiger partial charge is 0.466 e. The fourth-order valence-corrected chi connectivity index (χ4v) is 7.34. The molecule has 6 nitrogen and oxygen atoms in total. The van der Waals surface area contributed by atoms with E-state index in [1.54, 1.807) is 6.08 Å². The van der Waals surface area contributed by atoms with Crippen LogP contribution in [-0.2, 0) is 14.3 Å². The Morgan fingerprint density at radius 3 is 1.26 bits per heavy atom. The van der Waals surface area contributed by atoms with Crippen molar-refractivity contribution in [2.45, 2.75) is 270 Å². The van der Waals surface area contributed by atoms with Crippen molar-refractivity contribution < 1.29 is 24.5 Å². The third kappa shape index (κ3) is 40.3. The molecule has 3 N–H and O–H groups in total. The van der Waals surface area contributed by atoms with Crippen LogP contribution < -0.4 is 5.32 Å². The Balaban J connectivity index is 3.46. The lowest BCUT2D eigenvalue weighted by Crippen LogP contribution is -2.45. The van der Waals surface area contributed by atoms with Gasteiger partial charge in [-0.3, -0.25) is 9.59 Å². The molecule has 0 aromatic rings. The molecule has 54 heavy (non-hydrogen) atoms. The zero-order valence-corrected chi connectivity index (χ0v) is 36.2. The molecule has 0 saturated heterocycles. The minimum Gasteiger partial charge on any atom is -0.466 e. The normalized spacial score (nSPS) is 12.7. The van der Waals surface area contributed by atoms with Crippen LogP contribution in [0.5, 0.6) is 0 Å². The van der Waals surface area contributed by atoms with Crippen LogP contribution in [0.4, 0.5) is 0 Å². The molecule has 2 atom stereocenters. The number of hydrogen-bond acceptors (Lipinski definition) is 5. The average Bonchev–Trinajstić information content (AvgIpc) is 3.17. The third-order valence-corrected chi connectivity index (χ3v) is 11.1. The van der Waals surface area contributed by atoms with Gasteiger partial charge in [0.2, 0.25) is 5.91 Å². The fraction of sp³-hybridized carbons (Fsp3) is 0.917. The van der Waals surface area contributed by atoms with Crippen LogP contribution >= 0.6 is 0 Å². The molecular formula is C48H93NO5. The van der Waals surface area contributed by atoms with Crippen LogP contribution in [-0.4, -0.2) is 47.4 Å². The highest BCUT2D eigenvalue weighted by atomic mass is 16.5. The number of amides is 1. The van der Waals surface area contributed by atoms with E-state index in [1.807, 2.05) is 6.08 Å². The number of aliphatic hydroxyl groups excluding tert-OH is 2. The first kappa shape index (κ1) is 52.6. The molecule has 2 unspecified atom stereocenters. The Morgan fingerprint density at radius 1 is 0.500 bits per heavy atom. The summed E-state index contributed by atoms with van der Waals surface area (Å²) in [7, 11) is 0. The second-order valence-electron chi connectivity index (χ2n) is 16.5. The Bertz CT molecular complexity index is 802. The average molecular weight is 764 g/mol. The van der Waals surface area contributed by atoms with Gasteiger partial charge in [-0.25, -0.2) is 0 Å². The number of carbonyl (C=O) groups excluding carboxylic acids is 2. The molecule has 0 bridgehead atoms. The van der Waals surface area contributed by atoms with Crippen molar-refractivity contribution in [2.24, 2.45) is 0 Å². The number of carbonyl (C=O) groups is 2. The molecule has 0 saturated carbocycles. The van der Waals surface area contributed by atoms with E-state index in [4.69, 9.17) is 4.74 Å². The first-order chi connectivity index (χ1) is 26.5. The summed E-state index contributed by atoms with van der Waals surface area (Å²) in [6.45, 7) is 4.86. The van der Waals surface area contributed by atoms with E-state index in [0.717, 1.165) is 57.8 Å². The number of hydrogen-bond donors (Lipinski definition) is 3. The SMILES string of the molecule is CCCCCCCCCCC/C=C/C(O)C(CO)NC(=O)CCCCCCCCCCCCCCCOC(=O)CCCCCCCCCCCCCCC. The summed E-state index contributed by atoms with van der Waals surface area (Å²) in [5.41, 5.74) is 0. The van der Waals surface area contributed by atoms with Crippen molar-refractivity contribution in [1.82, 2.24) is 5.32 Å². The zero-order valence-electron chi connectivity index (χ0n) is 36.2. The summed E-state index contributed by atoms with van der Waals surface area (Å²) in [6.07, 6.45) is 49.1. The molecular weight excluding hydrogens is 671 g/mol. The van der Waals surface area contributed by atoms with E-state index in [2.05, 4.69) is 19.2 Å². The van der Waals surface area contributed by atoms with E-state index in [9.17, 15) is 19.8 Å². The van der Waals surface area contributed by atoms with Gasteiger partial charge in [-0.05, 0) is 32.1 Å². The highest BCUT2D eigenvalue weighted by Crippen LogP contribution is 2.16. The van der Waals surface area contributed by atoms with E-state index in [1.165, 1.54) is 173 Å². The first-order valence-corrected chi connectivity index (χ1v) is 24.0. The maximum atomic E-state index is 12.4. The number of ether oxygens (including phenoxy) is 1. The smallest absolute Gasteiger partial charge is 0.305 e. The molecule has 6 heteroatoms. The number of allylic oxidation sites excluding steroid dienone is 1. The van der Waals surface area contributed by atoms with Gasteiger partial charge in [0.15, 0.2) is 0 Å². The second-order valence-corrected chi connectivity index (χ2v) is 16.5. The fourth-order valence-electron chi connectivity index (χ4n) is 7.34. The van der Waals surface area contributed by atoms with Gasteiger partial charge in [0, 0.05) is 12.8 Å². The Hall–Kier alpha value is -1.40. The van der Waals surface area contributed by atoms with Crippen LogP contribution in [0.25, 0.3) is 0 Å². The van der Waals surface area contributed by atoms with E-state index < -0.39 is 12.1 Å². The molecule has 0 aliphatic heterocycles. The number of rotatable bonds is 44.